The number of hydrogen-bond acceptors (Lipinski definition) is 3. The Morgan fingerprint density at radius 2 is 2.08 bits per heavy atom. The number of rotatable bonds is 6. The second kappa shape index (κ2) is 6.17. The minimum absolute atomic E-state index is 0.156. The molecule has 0 rings (SSSR count). The quantitative estimate of drug-likeness (QED) is 0.656. The van der Waals surface area contributed by atoms with Crippen molar-refractivity contribution in [3.05, 3.63) is 0 Å². The average Bonchev–Trinajstić information content (AvgIpc) is 1.98. The standard InChI is InChI=1S/C7H15F3N2O/c1-13-3-2-6(11)4-12-5-7(8,9)10/h6,12H,2-5,11H2,1H3. The van der Waals surface area contributed by atoms with E-state index in [1.165, 1.54) is 7.11 Å². The van der Waals surface area contributed by atoms with E-state index in [9.17, 15) is 13.2 Å². The van der Waals surface area contributed by atoms with Crippen molar-refractivity contribution in [1.82, 2.24) is 5.32 Å². The largest absolute Gasteiger partial charge is 0.401 e. The fourth-order valence-electron chi connectivity index (χ4n) is 0.771. The SMILES string of the molecule is COCCC(N)CNCC(F)(F)F. The highest BCUT2D eigenvalue weighted by molar-refractivity contribution is 4.65. The number of alkyl halides is 3. The summed E-state index contributed by atoms with van der Waals surface area (Å²) in [5, 5.41) is 2.23. The van der Waals surface area contributed by atoms with Crippen molar-refractivity contribution in [2.45, 2.75) is 18.6 Å². The summed E-state index contributed by atoms with van der Waals surface area (Å²) in [6, 6.07) is -0.290. The van der Waals surface area contributed by atoms with Crippen molar-refractivity contribution in [3.63, 3.8) is 0 Å². The maximum Gasteiger partial charge on any atom is 0.401 e. The smallest absolute Gasteiger partial charge is 0.385 e. The van der Waals surface area contributed by atoms with Gasteiger partial charge >= 0.3 is 6.18 Å². The molecule has 0 heterocycles. The summed E-state index contributed by atoms with van der Waals surface area (Å²) in [6.45, 7) is -0.370. The van der Waals surface area contributed by atoms with E-state index in [-0.39, 0.29) is 12.6 Å². The first-order valence-electron chi connectivity index (χ1n) is 3.97. The van der Waals surface area contributed by atoms with E-state index in [4.69, 9.17) is 10.5 Å². The zero-order chi connectivity index (χ0) is 10.3. The molecule has 3 nitrogen and oxygen atoms in total. The molecule has 0 fully saturated rings. The highest BCUT2D eigenvalue weighted by atomic mass is 19.4. The summed E-state index contributed by atoms with van der Waals surface area (Å²) in [7, 11) is 1.52. The summed E-state index contributed by atoms with van der Waals surface area (Å²) >= 11 is 0. The highest BCUT2D eigenvalue weighted by Crippen LogP contribution is 2.11. The van der Waals surface area contributed by atoms with E-state index in [0.29, 0.717) is 13.0 Å². The van der Waals surface area contributed by atoms with Crippen LogP contribution in [0.25, 0.3) is 0 Å². The lowest BCUT2D eigenvalue weighted by molar-refractivity contribution is -0.124. The molecular weight excluding hydrogens is 185 g/mol. The average molecular weight is 200 g/mol. The predicted molar refractivity (Wildman–Crippen MR) is 43.4 cm³/mol. The normalized spacial score (nSPS) is 14.5. The molecule has 0 bridgehead atoms. The van der Waals surface area contributed by atoms with Crippen LogP contribution in [0.3, 0.4) is 0 Å². The van der Waals surface area contributed by atoms with Gasteiger partial charge in [-0.2, -0.15) is 13.2 Å². The molecule has 0 aliphatic heterocycles. The van der Waals surface area contributed by atoms with Gasteiger partial charge in [0.05, 0.1) is 6.54 Å². The number of halogens is 3. The van der Waals surface area contributed by atoms with Crippen LogP contribution in [0.5, 0.6) is 0 Å². The van der Waals surface area contributed by atoms with Crippen molar-refractivity contribution in [2.24, 2.45) is 5.73 Å². The summed E-state index contributed by atoms with van der Waals surface area (Å²) in [5.74, 6) is 0. The Bertz CT molecular complexity index is 129. The Morgan fingerprint density at radius 1 is 1.46 bits per heavy atom. The zero-order valence-corrected chi connectivity index (χ0v) is 7.53. The van der Waals surface area contributed by atoms with Crippen LogP contribution < -0.4 is 11.1 Å². The minimum atomic E-state index is -4.17. The van der Waals surface area contributed by atoms with Gasteiger partial charge < -0.3 is 15.8 Å². The van der Waals surface area contributed by atoms with Crippen LogP contribution in [0, 0.1) is 0 Å². The van der Waals surface area contributed by atoms with Crippen molar-refractivity contribution in [1.29, 1.82) is 0 Å². The first-order chi connectivity index (χ1) is 5.95. The molecule has 80 valence electrons. The van der Waals surface area contributed by atoms with E-state index < -0.39 is 12.7 Å². The molecule has 0 amide bonds. The number of nitrogens with two attached hydrogens (primary N) is 1. The van der Waals surface area contributed by atoms with Gasteiger partial charge in [0.25, 0.3) is 0 Å². The minimum Gasteiger partial charge on any atom is -0.385 e. The monoisotopic (exact) mass is 200 g/mol. The fourth-order valence-corrected chi connectivity index (χ4v) is 0.771. The van der Waals surface area contributed by atoms with E-state index in [1.807, 2.05) is 0 Å². The summed E-state index contributed by atoms with van der Waals surface area (Å²) in [5.41, 5.74) is 5.48. The van der Waals surface area contributed by atoms with Crippen molar-refractivity contribution in [3.8, 4) is 0 Å². The molecule has 1 atom stereocenters. The van der Waals surface area contributed by atoms with Crippen molar-refractivity contribution < 1.29 is 17.9 Å². The summed E-state index contributed by atoms with van der Waals surface area (Å²) in [4.78, 5) is 0. The fraction of sp³-hybridized carbons (Fsp3) is 1.00. The van der Waals surface area contributed by atoms with E-state index >= 15 is 0 Å². The molecule has 1 unspecified atom stereocenters. The molecule has 13 heavy (non-hydrogen) atoms. The Hall–Kier alpha value is -0.330. The van der Waals surface area contributed by atoms with Gasteiger partial charge in [0, 0.05) is 26.3 Å². The van der Waals surface area contributed by atoms with Crippen LogP contribution in [-0.2, 0) is 4.74 Å². The van der Waals surface area contributed by atoms with Gasteiger partial charge in [0.1, 0.15) is 0 Å². The molecule has 0 saturated carbocycles. The van der Waals surface area contributed by atoms with Crippen molar-refractivity contribution >= 4 is 0 Å². The molecule has 0 aromatic heterocycles. The highest BCUT2D eigenvalue weighted by Gasteiger charge is 2.26. The number of methoxy groups -OCH3 is 1. The van der Waals surface area contributed by atoms with Crippen LogP contribution in [-0.4, -0.2) is 39.0 Å². The van der Waals surface area contributed by atoms with Crippen molar-refractivity contribution in [2.75, 3.05) is 26.8 Å². The third kappa shape index (κ3) is 9.59. The molecule has 0 saturated heterocycles. The second-order valence-corrected chi connectivity index (χ2v) is 2.79. The predicted octanol–water partition coefficient (Wildman–Crippen LogP) is 0.502. The first-order valence-corrected chi connectivity index (χ1v) is 3.97. The Kier molecular flexibility index (Phi) is 6.02. The van der Waals surface area contributed by atoms with Crippen LogP contribution in [0.15, 0.2) is 0 Å². The molecule has 0 aliphatic carbocycles. The number of hydrogen-bond donors (Lipinski definition) is 2. The molecule has 0 aliphatic rings. The molecule has 0 aromatic carbocycles. The van der Waals surface area contributed by atoms with E-state index in [0.717, 1.165) is 0 Å². The molecule has 3 N–H and O–H groups in total. The van der Waals surface area contributed by atoms with Gasteiger partial charge in [-0.3, -0.25) is 0 Å². The number of ether oxygens (including phenoxy) is 1. The zero-order valence-electron chi connectivity index (χ0n) is 7.53. The van der Waals surface area contributed by atoms with E-state index in [2.05, 4.69) is 5.32 Å². The molecule has 0 spiro atoms. The van der Waals surface area contributed by atoms with E-state index in [1.54, 1.807) is 0 Å². The molecular formula is C7H15F3N2O. The van der Waals surface area contributed by atoms with Gasteiger partial charge in [-0.05, 0) is 6.42 Å². The maximum absolute atomic E-state index is 11.6. The maximum atomic E-state index is 11.6. The molecule has 6 heteroatoms. The lowest BCUT2D eigenvalue weighted by atomic mass is 10.2. The molecule has 0 aromatic rings. The Morgan fingerprint density at radius 3 is 2.54 bits per heavy atom. The van der Waals surface area contributed by atoms with Gasteiger partial charge in [-0.1, -0.05) is 0 Å². The Balaban J connectivity index is 3.31. The van der Waals surface area contributed by atoms with Crippen LogP contribution in [0.1, 0.15) is 6.42 Å². The summed E-state index contributed by atoms with van der Waals surface area (Å²) < 4.78 is 39.6. The first kappa shape index (κ1) is 12.7. The number of nitrogens with one attached hydrogen (secondary N) is 1. The third-order valence-electron chi connectivity index (χ3n) is 1.42. The Labute approximate surface area is 75.4 Å². The lowest BCUT2D eigenvalue weighted by Gasteiger charge is -2.13. The van der Waals surface area contributed by atoms with Gasteiger partial charge in [-0.15, -0.1) is 0 Å². The summed E-state index contributed by atoms with van der Waals surface area (Å²) in [6.07, 6.45) is -3.61. The lowest BCUT2D eigenvalue weighted by Crippen LogP contribution is -2.39. The van der Waals surface area contributed by atoms with Gasteiger partial charge in [-0.25, -0.2) is 0 Å². The third-order valence-corrected chi connectivity index (χ3v) is 1.42. The second-order valence-electron chi connectivity index (χ2n) is 2.79. The van der Waals surface area contributed by atoms with Gasteiger partial charge in [0.2, 0.25) is 0 Å². The van der Waals surface area contributed by atoms with Gasteiger partial charge in [0.15, 0.2) is 0 Å². The molecule has 0 radical (unpaired) electrons. The van der Waals surface area contributed by atoms with Crippen LogP contribution in [0.2, 0.25) is 0 Å². The topological polar surface area (TPSA) is 47.3 Å². The van der Waals surface area contributed by atoms with Crippen LogP contribution in [0.4, 0.5) is 13.2 Å². The van der Waals surface area contributed by atoms with Crippen LogP contribution >= 0.6 is 0 Å².